The van der Waals surface area contributed by atoms with Crippen LogP contribution in [0.2, 0.25) is 0 Å². The van der Waals surface area contributed by atoms with Gasteiger partial charge in [-0.2, -0.15) is 0 Å². The molecule has 0 spiro atoms. The SMILES string of the molecule is CCS(=O)CC.CN(C)P(=O)(N(C)C)N(C)C. The molecule has 0 atom stereocenters. The highest BCUT2D eigenvalue weighted by Crippen LogP contribution is 2.50. The standard InChI is InChI=1S/C6H18N3OP.C4H10OS/c1-7(2)11(10,8(3)4)9(5)6;1-3-6(5)4-2/h1-6H3;3-4H2,1-2H3. The lowest BCUT2D eigenvalue weighted by Crippen LogP contribution is -2.30. The highest BCUT2D eigenvalue weighted by molar-refractivity contribution is 7.84. The maximum Gasteiger partial charge on any atom is 0.285 e. The van der Waals surface area contributed by atoms with E-state index in [1.807, 2.05) is 56.1 Å². The summed E-state index contributed by atoms with van der Waals surface area (Å²) in [5.74, 6) is 1.60. The fourth-order valence-electron chi connectivity index (χ4n) is 1.28. The molecule has 0 aliphatic rings. The van der Waals surface area contributed by atoms with Gasteiger partial charge in [0.05, 0.1) is 0 Å². The van der Waals surface area contributed by atoms with E-state index in [-0.39, 0.29) is 0 Å². The third-order valence-corrected chi connectivity index (χ3v) is 6.62. The molecule has 0 saturated heterocycles. The third kappa shape index (κ3) is 6.67. The van der Waals surface area contributed by atoms with Gasteiger partial charge in [-0.15, -0.1) is 0 Å². The lowest BCUT2D eigenvalue weighted by atomic mass is 11.0. The van der Waals surface area contributed by atoms with Crippen LogP contribution in [0.4, 0.5) is 0 Å². The first-order valence-corrected chi connectivity index (χ1v) is 8.68. The molecule has 0 aromatic heterocycles. The van der Waals surface area contributed by atoms with Crippen LogP contribution in [0.1, 0.15) is 13.8 Å². The van der Waals surface area contributed by atoms with Crippen molar-refractivity contribution < 1.29 is 8.77 Å². The van der Waals surface area contributed by atoms with Crippen LogP contribution in [-0.4, -0.2) is 72.0 Å². The molecule has 17 heavy (non-hydrogen) atoms. The van der Waals surface area contributed by atoms with Crippen molar-refractivity contribution in [1.82, 2.24) is 14.0 Å². The summed E-state index contributed by atoms with van der Waals surface area (Å²) in [6.07, 6.45) is 0. The largest absolute Gasteiger partial charge is 0.285 e. The van der Waals surface area contributed by atoms with Crippen molar-refractivity contribution in [3.63, 3.8) is 0 Å². The zero-order valence-corrected chi connectivity index (χ0v) is 14.1. The summed E-state index contributed by atoms with van der Waals surface area (Å²) in [4.78, 5) is 0. The molecule has 0 radical (unpaired) electrons. The molecule has 106 valence electrons. The van der Waals surface area contributed by atoms with Crippen LogP contribution in [0.15, 0.2) is 0 Å². The molecule has 0 N–H and O–H groups in total. The van der Waals surface area contributed by atoms with Crippen molar-refractivity contribution in [2.24, 2.45) is 0 Å². The van der Waals surface area contributed by atoms with Gasteiger partial charge in [0.25, 0.3) is 7.59 Å². The van der Waals surface area contributed by atoms with Gasteiger partial charge in [-0.05, 0) is 42.3 Å². The molecule has 0 rings (SSSR count). The minimum Gasteiger partial charge on any atom is -0.270 e. The summed E-state index contributed by atoms with van der Waals surface area (Å²) < 4.78 is 27.6. The molecule has 5 nitrogen and oxygen atoms in total. The van der Waals surface area contributed by atoms with E-state index < -0.39 is 18.4 Å². The molecule has 0 heterocycles. The number of rotatable bonds is 5. The maximum atomic E-state index is 12.1. The quantitative estimate of drug-likeness (QED) is 0.717. The van der Waals surface area contributed by atoms with Crippen LogP contribution in [-0.2, 0) is 15.4 Å². The smallest absolute Gasteiger partial charge is 0.270 e. The van der Waals surface area contributed by atoms with Gasteiger partial charge in [-0.25, -0.2) is 14.0 Å². The first kappa shape index (κ1) is 19.6. The van der Waals surface area contributed by atoms with Gasteiger partial charge in [0.15, 0.2) is 0 Å². The van der Waals surface area contributed by atoms with E-state index in [0.29, 0.717) is 0 Å². The molecule has 0 unspecified atom stereocenters. The second kappa shape index (κ2) is 9.22. The van der Waals surface area contributed by atoms with Gasteiger partial charge in [0, 0.05) is 22.3 Å². The van der Waals surface area contributed by atoms with Crippen molar-refractivity contribution in [2.75, 3.05) is 53.8 Å². The van der Waals surface area contributed by atoms with E-state index in [9.17, 15) is 8.77 Å². The van der Waals surface area contributed by atoms with E-state index in [2.05, 4.69) is 0 Å². The van der Waals surface area contributed by atoms with E-state index in [0.717, 1.165) is 11.5 Å². The number of nitrogens with zero attached hydrogens (tertiary/aromatic N) is 3. The lowest BCUT2D eigenvalue weighted by molar-refractivity contribution is 0.383. The van der Waals surface area contributed by atoms with Crippen LogP contribution in [0.5, 0.6) is 0 Å². The molecule has 0 aromatic rings. The first-order valence-electron chi connectivity index (χ1n) is 5.62. The number of hydrogen-bond acceptors (Lipinski definition) is 2. The van der Waals surface area contributed by atoms with Crippen molar-refractivity contribution in [3.05, 3.63) is 0 Å². The highest BCUT2D eigenvalue weighted by Gasteiger charge is 2.30. The zero-order valence-electron chi connectivity index (χ0n) is 12.4. The Bertz CT molecular complexity index is 236. The highest BCUT2D eigenvalue weighted by atomic mass is 32.2. The second-order valence-electron chi connectivity index (χ2n) is 4.07. The van der Waals surface area contributed by atoms with E-state index >= 15 is 0 Å². The van der Waals surface area contributed by atoms with E-state index in [4.69, 9.17) is 0 Å². The number of hydrogen-bond donors (Lipinski definition) is 0. The fourth-order valence-corrected chi connectivity index (χ4v) is 3.83. The van der Waals surface area contributed by atoms with Crippen molar-refractivity contribution >= 4 is 18.4 Å². The van der Waals surface area contributed by atoms with Crippen molar-refractivity contribution in [2.45, 2.75) is 13.8 Å². The molecule has 0 bridgehead atoms. The third-order valence-electron chi connectivity index (χ3n) is 2.21. The van der Waals surface area contributed by atoms with Crippen LogP contribution < -0.4 is 0 Å². The molecule has 0 aliphatic carbocycles. The lowest BCUT2D eigenvalue weighted by Gasteiger charge is -2.34. The summed E-state index contributed by atoms with van der Waals surface area (Å²) >= 11 is 0. The Balaban J connectivity index is 0. The van der Waals surface area contributed by atoms with E-state index in [1.54, 1.807) is 14.0 Å². The van der Waals surface area contributed by atoms with Gasteiger partial charge in [0.1, 0.15) is 0 Å². The average molecular weight is 285 g/mol. The Labute approximate surface area is 109 Å². The average Bonchev–Trinajstić information content (AvgIpc) is 2.26. The normalized spacial score (nSPS) is 12.2. The van der Waals surface area contributed by atoms with Gasteiger partial charge < -0.3 is 0 Å². The van der Waals surface area contributed by atoms with Crippen molar-refractivity contribution in [1.29, 1.82) is 0 Å². The molecule has 7 heteroatoms. The molecule has 0 aliphatic heterocycles. The monoisotopic (exact) mass is 285 g/mol. The Morgan fingerprint density at radius 1 is 0.824 bits per heavy atom. The van der Waals surface area contributed by atoms with Gasteiger partial charge in [-0.3, -0.25) is 8.77 Å². The van der Waals surface area contributed by atoms with Crippen LogP contribution in [0.3, 0.4) is 0 Å². The van der Waals surface area contributed by atoms with Gasteiger partial charge >= 0.3 is 0 Å². The van der Waals surface area contributed by atoms with Crippen LogP contribution in [0.25, 0.3) is 0 Å². The summed E-state index contributed by atoms with van der Waals surface area (Å²) in [5.41, 5.74) is 0. The fraction of sp³-hybridized carbons (Fsp3) is 1.00. The Kier molecular flexibility index (Phi) is 10.6. The summed E-state index contributed by atoms with van der Waals surface area (Å²) in [6, 6.07) is 0. The minimum atomic E-state index is -2.44. The topological polar surface area (TPSA) is 43.9 Å². The zero-order chi connectivity index (χ0) is 14.2. The summed E-state index contributed by atoms with van der Waals surface area (Å²) in [5, 5.41) is 0. The molecule has 0 amide bonds. The maximum absolute atomic E-state index is 12.1. The second-order valence-corrected chi connectivity index (χ2v) is 9.53. The Morgan fingerprint density at radius 2 is 1.06 bits per heavy atom. The minimum absolute atomic E-state index is 0.534. The van der Waals surface area contributed by atoms with Crippen LogP contribution in [0, 0.1) is 0 Å². The summed E-state index contributed by atoms with van der Waals surface area (Å²) in [7, 11) is 7.95. The molecule has 0 saturated carbocycles. The van der Waals surface area contributed by atoms with Crippen molar-refractivity contribution in [3.8, 4) is 0 Å². The molecular formula is C10H28N3O2PS. The van der Waals surface area contributed by atoms with Crippen LogP contribution >= 0.6 is 7.59 Å². The predicted molar refractivity (Wildman–Crippen MR) is 77.9 cm³/mol. The Morgan fingerprint density at radius 3 is 1.06 bits per heavy atom. The first-order chi connectivity index (χ1) is 7.64. The van der Waals surface area contributed by atoms with Gasteiger partial charge in [0.2, 0.25) is 0 Å². The van der Waals surface area contributed by atoms with Gasteiger partial charge in [-0.1, -0.05) is 13.8 Å². The summed E-state index contributed by atoms with van der Waals surface area (Å²) in [6.45, 7) is 3.86. The molecular weight excluding hydrogens is 257 g/mol. The molecule has 0 fully saturated rings. The Hall–Kier alpha value is 0.260. The molecule has 0 aromatic carbocycles. The predicted octanol–water partition coefficient (Wildman–Crippen LogP) is 1.55. The van der Waals surface area contributed by atoms with E-state index in [1.165, 1.54) is 0 Å².